The summed E-state index contributed by atoms with van der Waals surface area (Å²) in [4.78, 5) is 0. The van der Waals surface area contributed by atoms with Crippen molar-refractivity contribution >= 4 is 12.6 Å². The van der Waals surface area contributed by atoms with E-state index in [0.717, 1.165) is 0 Å². The van der Waals surface area contributed by atoms with Gasteiger partial charge in [-0.2, -0.15) is 12.6 Å². The van der Waals surface area contributed by atoms with Gasteiger partial charge in [-0.05, 0) is 5.75 Å². The summed E-state index contributed by atoms with van der Waals surface area (Å²) < 4.78 is 0. The van der Waals surface area contributed by atoms with Crippen LogP contribution < -0.4 is 17.2 Å². The van der Waals surface area contributed by atoms with E-state index in [0.29, 0.717) is 25.4 Å². The second-order valence-corrected chi connectivity index (χ2v) is 2.59. The molecule has 4 heteroatoms. The molecule has 56 valence electrons. The van der Waals surface area contributed by atoms with Crippen molar-refractivity contribution in [2.75, 3.05) is 25.4 Å². The zero-order valence-electron chi connectivity index (χ0n) is 5.51. The molecule has 0 unspecified atom stereocenters. The molecule has 9 heavy (non-hydrogen) atoms. The van der Waals surface area contributed by atoms with Gasteiger partial charge in [-0.25, -0.2) is 0 Å². The lowest BCUT2D eigenvalue weighted by Gasteiger charge is -2.26. The maximum atomic E-state index is 5.43. The monoisotopic (exact) mass is 149 g/mol. The zero-order chi connectivity index (χ0) is 7.33. The third-order valence-electron chi connectivity index (χ3n) is 1.63. The molecule has 0 radical (unpaired) electrons. The third-order valence-corrected chi connectivity index (χ3v) is 2.31. The fraction of sp³-hybridized carbons (Fsp3) is 1.00. The molecule has 0 fully saturated rings. The van der Waals surface area contributed by atoms with Gasteiger partial charge in [-0.15, -0.1) is 0 Å². The van der Waals surface area contributed by atoms with E-state index in [1.54, 1.807) is 0 Å². The highest BCUT2D eigenvalue weighted by Crippen LogP contribution is 2.12. The third kappa shape index (κ3) is 2.14. The number of thiol groups is 1. The van der Waals surface area contributed by atoms with Crippen LogP contribution in [0.25, 0.3) is 0 Å². The molecule has 0 atom stereocenters. The molecule has 6 N–H and O–H groups in total. The van der Waals surface area contributed by atoms with E-state index in [9.17, 15) is 0 Å². The van der Waals surface area contributed by atoms with Crippen LogP contribution in [0.5, 0.6) is 0 Å². The van der Waals surface area contributed by atoms with Gasteiger partial charge in [-0.1, -0.05) is 0 Å². The molecular weight excluding hydrogens is 134 g/mol. The Hall–Kier alpha value is 0.230. The maximum absolute atomic E-state index is 5.43. The van der Waals surface area contributed by atoms with Crippen molar-refractivity contribution in [3.05, 3.63) is 0 Å². The van der Waals surface area contributed by atoms with Crippen molar-refractivity contribution in [3.63, 3.8) is 0 Å². The summed E-state index contributed by atoms with van der Waals surface area (Å²) >= 11 is 4.10. The molecular formula is C5H15N3S. The van der Waals surface area contributed by atoms with E-state index in [2.05, 4.69) is 12.6 Å². The molecule has 0 saturated heterocycles. The van der Waals surface area contributed by atoms with Gasteiger partial charge in [0.2, 0.25) is 0 Å². The average molecular weight is 149 g/mol. The summed E-state index contributed by atoms with van der Waals surface area (Å²) in [5.41, 5.74) is 16.2. The van der Waals surface area contributed by atoms with Crippen LogP contribution in [0.15, 0.2) is 0 Å². The first-order chi connectivity index (χ1) is 4.24. The second-order valence-electron chi connectivity index (χ2n) is 2.27. The van der Waals surface area contributed by atoms with Crippen LogP contribution in [0, 0.1) is 5.41 Å². The Kier molecular flexibility index (Phi) is 4.22. The van der Waals surface area contributed by atoms with Gasteiger partial charge in [0, 0.05) is 25.0 Å². The number of nitrogens with two attached hydrogens (primary N) is 3. The van der Waals surface area contributed by atoms with E-state index in [1.807, 2.05) is 0 Å². The van der Waals surface area contributed by atoms with Crippen molar-refractivity contribution in [2.24, 2.45) is 22.6 Å². The fourth-order valence-electron chi connectivity index (χ4n) is 0.444. The Morgan fingerprint density at radius 3 is 1.33 bits per heavy atom. The van der Waals surface area contributed by atoms with Gasteiger partial charge in [0.05, 0.1) is 0 Å². The van der Waals surface area contributed by atoms with Gasteiger partial charge in [0.15, 0.2) is 0 Å². The Balaban J connectivity index is 3.82. The minimum Gasteiger partial charge on any atom is -0.330 e. The van der Waals surface area contributed by atoms with E-state index in [4.69, 9.17) is 17.2 Å². The summed E-state index contributed by atoms with van der Waals surface area (Å²) in [5, 5.41) is 0. The SMILES string of the molecule is NCC(CN)(CN)CS. The Labute approximate surface area is 61.4 Å². The van der Waals surface area contributed by atoms with Gasteiger partial charge in [-0.3, -0.25) is 0 Å². The Morgan fingerprint density at radius 2 is 1.33 bits per heavy atom. The van der Waals surface area contributed by atoms with Crippen LogP contribution in [-0.4, -0.2) is 25.4 Å². The fourth-order valence-corrected chi connectivity index (χ4v) is 0.831. The molecule has 0 spiro atoms. The van der Waals surface area contributed by atoms with E-state index in [1.165, 1.54) is 0 Å². The minimum atomic E-state index is -0.136. The number of hydrogen-bond donors (Lipinski definition) is 4. The summed E-state index contributed by atoms with van der Waals surface area (Å²) in [6, 6.07) is 0. The topological polar surface area (TPSA) is 78.1 Å². The smallest absolute Gasteiger partial charge is 0.0158 e. The molecule has 0 aromatic carbocycles. The quantitative estimate of drug-likeness (QED) is 0.378. The van der Waals surface area contributed by atoms with Crippen LogP contribution in [0.3, 0.4) is 0 Å². The lowest BCUT2D eigenvalue weighted by molar-refractivity contribution is 0.371. The van der Waals surface area contributed by atoms with E-state index in [-0.39, 0.29) is 5.41 Å². The normalized spacial score (nSPS) is 12.0. The molecule has 0 amide bonds. The zero-order valence-corrected chi connectivity index (χ0v) is 6.40. The maximum Gasteiger partial charge on any atom is 0.0158 e. The minimum absolute atomic E-state index is 0.136. The first-order valence-corrected chi connectivity index (χ1v) is 3.59. The van der Waals surface area contributed by atoms with E-state index < -0.39 is 0 Å². The van der Waals surface area contributed by atoms with Gasteiger partial charge in [0.1, 0.15) is 0 Å². The lowest BCUT2D eigenvalue weighted by Crippen LogP contribution is -2.45. The molecule has 0 aliphatic rings. The first-order valence-electron chi connectivity index (χ1n) is 2.96. The van der Waals surface area contributed by atoms with Crippen molar-refractivity contribution in [1.29, 1.82) is 0 Å². The van der Waals surface area contributed by atoms with Crippen LogP contribution in [-0.2, 0) is 0 Å². The second kappa shape index (κ2) is 4.11. The summed E-state index contributed by atoms with van der Waals surface area (Å²) in [6.45, 7) is 1.55. The molecule has 3 nitrogen and oxygen atoms in total. The van der Waals surface area contributed by atoms with Gasteiger partial charge >= 0.3 is 0 Å². The lowest BCUT2D eigenvalue weighted by atomic mass is 9.91. The first kappa shape index (κ1) is 9.23. The van der Waals surface area contributed by atoms with Crippen LogP contribution in [0.2, 0.25) is 0 Å². The molecule has 0 aromatic heterocycles. The van der Waals surface area contributed by atoms with E-state index >= 15 is 0 Å². The highest BCUT2D eigenvalue weighted by molar-refractivity contribution is 7.80. The molecule has 0 saturated carbocycles. The van der Waals surface area contributed by atoms with Crippen molar-refractivity contribution in [1.82, 2.24) is 0 Å². The highest BCUT2D eigenvalue weighted by Gasteiger charge is 2.22. The van der Waals surface area contributed by atoms with Crippen LogP contribution in [0.4, 0.5) is 0 Å². The number of rotatable bonds is 4. The van der Waals surface area contributed by atoms with Gasteiger partial charge < -0.3 is 17.2 Å². The molecule has 0 aromatic rings. The molecule has 0 aliphatic carbocycles. The van der Waals surface area contributed by atoms with Crippen molar-refractivity contribution in [2.45, 2.75) is 0 Å². The highest BCUT2D eigenvalue weighted by atomic mass is 32.1. The summed E-state index contributed by atoms with van der Waals surface area (Å²) in [6.07, 6.45) is 0. The van der Waals surface area contributed by atoms with Gasteiger partial charge in [0.25, 0.3) is 0 Å². The average Bonchev–Trinajstić information content (AvgIpc) is 1.95. The van der Waals surface area contributed by atoms with Crippen molar-refractivity contribution < 1.29 is 0 Å². The molecule has 0 bridgehead atoms. The standard InChI is InChI=1S/C5H15N3S/c6-1-5(2-7,3-8)4-9/h9H,1-4,6-8H2. The van der Waals surface area contributed by atoms with Crippen LogP contribution in [0.1, 0.15) is 0 Å². The predicted molar refractivity (Wildman–Crippen MR) is 43.4 cm³/mol. The van der Waals surface area contributed by atoms with Crippen LogP contribution >= 0.6 is 12.6 Å². The predicted octanol–water partition coefficient (Wildman–Crippen LogP) is -1.22. The number of hydrogen-bond acceptors (Lipinski definition) is 4. The van der Waals surface area contributed by atoms with Crippen molar-refractivity contribution in [3.8, 4) is 0 Å². The largest absolute Gasteiger partial charge is 0.330 e. The molecule has 0 aliphatic heterocycles. The summed E-state index contributed by atoms with van der Waals surface area (Å²) in [7, 11) is 0. The molecule has 0 heterocycles. The Morgan fingerprint density at radius 1 is 1.00 bits per heavy atom. The molecule has 0 rings (SSSR count). The Bertz CT molecular complexity index is 55.1. The summed E-state index contributed by atoms with van der Waals surface area (Å²) in [5.74, 6) is 0.663.